The molecule has 0 bridgehead atoms. The Morgan fingerprint density at radius 1 is 1.00 bits per heavy atom. The molecule has 6 nitrogen and oxygen atoms in total. The molecule has 0 aliphatic heterocycles. The zero-order valence-electron chi connectivity index (χ0n) is 10.8. The van der Waals surface area contributed by atoms with Crippen molar-refractivity contribution >= 4 is 11.9 Å². The Labute approximate surface area is 106 Å². The second-order valence-electron chi connectivity index (χ2n) is 3.78. The van der Waals surface area contributed by atoms with Crippen LogP contribution in [0.15, 0.2) is 11.3 Å². The SMILES string of the molecule is CCCCOO/C(C(=O)O)=C(/CCCC)C(=O)O. The van der Waals surface area contributed by atoms with Crippen LogP contribution in [0.1, 0.15) is 46.0 Å². The van der Waals surface area contributed by atoms with Gasteiger partial charge in [0.15, 0.2) is 0 Å². The van der Waals surface area contributed by atoms with Crippen LogP contribution in [0.2, 0.25) is 0 Å². The average Bonchev–Trinajstić information content (AvgIpc) is 2.31. The molecule has 2 N–H and O–H groups in total. The van der Waals surface area contributed by atoms with Gasteiger partial charge in [0.05, 0.1) is 12.2 Å². The van der Waals surface area contributed by atoms with Gasteiger partial charge in [0, 0.05) is 0 Å². The molecule has 0 aromatic heterocycles. The first-order chi connectivity index (χ1) is 8.54. The molecule has 0 atom stereocenters. The molecule has 0 fully saturated rings. The van der Waals surface area contributed by atoms with E-state index < -0.39 is 17.7 Å². The molecule has 0 saturated carbocycles. The van der Waals surface area contributed by atoms with Crippen LogP contribution < -0.4 is 0 Å². The zero-order valence-corrected chi connectivity index (χ0v) is 10.8. The normalized spacial score (nSPS) is 11.9. The standard InChI is InChI=1S/C12H20O6/c1-3-5-7-9(11(13)14)10(12(15)16)18-17-8-6-4-2/h3-8H2,1-2H3,(H,13,14)(H,15,16)/b10-9-. The lowest BCUT2D eigenvalue weighted by molar-refractivity contribution is -0.264. The minimum atomic E-state index is -1.43. The van der Waals surface area contributed by atoms with Gasteiger partial charge in [-0.1, -0.05) is 26.7 Å². The van der Waals surface area contributed by atoms with Gasteiger partial charge in [0.1, 0.15) is 0 Å². The Morgan fingerprint density at radius 3 is 2.06 bits per heavy atom. The van der Waals surface area contributed by atoms with Crippen molar-refractivity contribution in [1.29, 1.82) is 0 Å². The van der Waals surface area contributed by atoms with Gasteiger partial charge in [0.2, 0.25) is 0 Å². The Morgan fingerprint density at radius 2 is 1.61 bits per heavy atom. The van der Waals surface area contributed by atoms with E-state index in [2.05, 4.69) is 4.89 Å². The lowest BCUT2D eigenvalue weighted by atomic mass is 10.1. The van der Waals surface area contributed by atoms with E-state index in [0.717, 1.165) is 12.8 Å². The Kier molecular flexibility index (Phi) is 8.65. The zero-order chi connectivity index (χ0) is 14.0. The number of carboxylic acids is 2. The van der Waals surface area contributed by atoms with Gasteiger partial charge >= 0.3 is 11.9 Å². The summed E-state index contributed by atoms with van der Waals surface area (Å²) in [7, 11) is 0. The molecule has 0 aromatic rings. The highest BCUT2D eigenvalue weighted by molar-refractivity contribution is 5.97. The predicted octanol–water partition coefficient (Wildman–Crippen LogP) is 2.35. The minimum absolute atomic E-state index is 0.143. The monoisotopic (exact) mass is 260 g/mol. The fourth-order valence-electron chi connectivity index (χ4n) is 1.19. The van der Waals surface area contributed by atoms with Crippen LogP contribution in [0, 0.1) is 0 Å². The van der Waals surface area contributed by atoms with Gasteiger partial charge in [-0.25, -0.2) is 9.59 Å². The van der Waals surface area contributed by atoms with Crippen molar-refractivity contribution in [3.8, 4) is 0 Å². The van der Waals surface area contributed by atoms with Gasteiger partial charge in [-0.3, -0.25) is 0 Å². The summed E-state index contributed by atoms with van der Waals surface area (Å²) in [5, 5.41) is 17.9. The minimum Gasteiger partial charge on any atom is -0.478 e. The molecule has 0 saturated heterocycles. The third-order valence-electron chi connectivity index (χ3n) is 2.23. The smallest absolute Gasteiger partial charge is 0.375 e. The molecule has 0 spiro atoms. The second-order valence-corrected chi connectivity index (χ2v) is 3.78. The molecule has 0 aliphatic carbocycles. The molecule has 0 radical (unpaired) electrons. The van der Waals surface area contributed by atoms with Crippen molar-refractivity contribution in [3.63, 3.8) is 0 Å². The maximum Gasteiger partial charge on any atom is 0.375 e. The fourth-order valence-corrected chi connectivity index (χ4v) is 1.19. The number of unbranched alkanes of at least 4 members (excludes halogenated alkanes) is 2. The largest absolute Gasteiger partial charge is 0.478 e. The maximum atomic E-state index is 11.0. The second kappa shape index (κ2) is 9.47. The van der Waals surface area contributed by atoms with E-state index in [1.165, 1.54) is 0 Å². The van der Waals surface area contributed by atoms with E-state index in [1.54, 1.807) is 0 Å². The molecule has 0 aliphatic rings. The predicted molar refractivity (Wildman–Crippen MR) is 63.8 cm³/mol. The van der Waals surface area contributed by atoms with Crippen LogP contribution >= 0.6 is 0 Å². The van der Waals surface area contributed by atoms with E-state index >= 15 is 0 Å². The van der Waals surface area contributed by atoms with Crippen molar-refractivity contribution < 1.29 is 29.6 Å². The highest BCUT2D eigenvalue weighted by Gasteiger charge is 2.22. The number of hydrogen-bond donors (Lipinski definition) is 2. The maximum absolute atomic E-state index is 11.0. The molecule has 0 unspecified atom stereocenters. The van der Waals surface area contributed by atoms with Crippen molar-refractivity contribution in [2.24, 2.45) is 0 Å². The van der Waals surface area contributed by atoms with Crippen molar-refractivity contribution in [3.05, 3.63) is 11.3 Å². The Balaban J connectivity index is 4.74. The summed E-state index contributed by atoms with van der Waals surface area (Å²) < 4.78 is 0. The van der Waals surface area contributed by atoms with Crippen LogP contribution in [-0.2, 0) is 19.4 Å². The molecule has 0 heterocycles. The summed E-state index contributed by atoms with van der Waals surface area (Å²) in [6.07, 6.45) is 3.07. The van der Waals surface area contributed by atoms with E-state index in [4.69, 9.17) is 15.1 Å². The number of rotatable bonds is 10. The Bertz CT molecular complexity index is 308. The number of aliphatic carboxylic acids is 2. The van der Waals surface area contributed by atoms with Crippen molar-refractivity contribution in [2.75, 3.05) is 6.61 Å². The molecule has 104 valence electrons. The van der Waals surface area contributed by atoms with Gasteiger partial charge < -0.3 is 15.1 Å². The summed E-state index contributed by atoms with van der Waals surface area (Å²) in [4.78, 5) is 31.3. The van der Waals surface area contributed by atoms with Gasteiger partial charge in [-0.05, 0) is 19.3 Å². The fraction of sp³-hybridized carbons (Fsp3) is 0.667. The molecule has 18 heavy (non-hydrogen) atoms. The lowest BCUT2D eigenvalue weighted by Crippen LogP contribution is -2.15. The molecule has 0 rings (SSSR count). The first kappa shape index (κ1) is 16.4. The molecular formula is C12H20O6. The van der Waals surface area contributed by atoms with E-state index in [-0.39, 0.29) is 18.6 Å². The third kappa shape index (κ3) is 6.24. The highest BCUT2D eigenvalue weighted by atomic mass is 17.2. The first-order valence-corrected chi connectivity index (χ1v) is 6.03. The quantitative estimate of drug-likeness (QED) is 0.206. The average molecular weight is 260 g/mol. The summed E-state index contributed by atoms with van der Waals surface area (Å²) in [5.41, 5.74) is -0.263. The van der Waals surface area contributed by atoms with Crippen LogP contribution in [-0.4, -0.2) is 28.8 Å². The lowest BCUT2D eigenvalue weighted by Gasteiger charge is -2.08. The number of carbonyl (C=O) groups is 2. The summed E-state index contributed by atoms with van der Waals surface area (Å²) in [5.74, 6) is -3.35. The van der Waals surface area contributed by atoms with Crippen LogP contribution in [0.3, 0.4) is 0 Å². The van der Waals surface area contributed by atoms with Crippen LogP contribution in [0.5, 0.6) is 0 Å². The topological polar surface area (TPSA) is 93.1 Å². The van der Waals surface area contributed by atoms with Gasteiger partial charge in [-0.2, -0.15) is 4.89 Å². The van der Waals surface area contributed by atoms with Gasteiger partial charge in [0.25, 0.3) is 5.76 Å². The summed E-state index contributed by atoms with van der Waals surface area (Å²) >= 11 is 0. The molecule has 0 aromatic carbocycles. The number of hydrogen-bond acceptors (Lipinski definition) is 4. The third-order valence-corrected chi connectivity index (χ3v) is 2.23. The Hall–Kier alpha value is -1.56. The molecule has 6 heteroatoms. The first-order valence-electron chi connectivity index (χ1n) is 6.03. The van der Waals surface area contributed by atoms with E-state index in [0.29, 0.717) is 12.8 Å². The molecular weight excluding hydrogens is 240 g/mol. The van der Waals surface area contributed by atoms with Crippen molar-refractivity contribution in [1.82, 2.24) is 0 Å². The van der Waals surface area contributed by atoms with Crippen LogP contribution in [0.25, 0.3) is 0 Å². The van der Waals surface area contributed by atoms with E-state index in [1.807, 2.05) is 13.8 Å². The van der Waals surface area contributed by atoms with Crippen LogP contribution in [0.4, 0.5) is 0 Å². The molecule has 0 amide bonds. The highest BCUT2D eigenvalue weighted by Crippen LogP contribution is 2.15. The summed E-state index contributed by atoms with van der Waals surface area (Å²) in [6, 6.07) is 0. The van der Waals surface area contributed by atoms with Gasteiger partial charge in [-0.15, -0.1) is 0 Å². The van der Waals surface area contributed by atoms with Crippen molar-refractivity contribution in [2.45, 2.75) is 46.0 Å². The summed E-state index contributed by atoms with van der Waals surface area (Å²) in [6.45, 7) is 4.06. The number of carboxylic acid groups (broad SMARTS) is 2. The van der Waals surface area contributed by atoms with E-state index in [9.17, 15) is 9.59 Å².